The van der Waals surface area contributed by atoms with Crippen molar-refractivity contribution in [1.29, 1.82) is 0 Å². The van der Waals surface area contributed by atoms with Crippen LogP contribution >= 0.6 is 0 Å². The molecular formula is C17H21NO2. The quantitative estimate of drug-likeness (QED) is 0.864. The third kappa shape index (κ3) is 3.75. The Kier molecular flexibility index (Phi) is 5.02. The van der Waals surface area contributed by atoms with Gasteiger partial charge in [0, 0.05) is 6.54 Å². The van der Waals surface area contributed by atoms with Gasteiger partial charge >= 0.3 is 0 Å². The summed E-state index contributed by atoms with van der Waals surface area (Å²) in [4.78, 5) is 0. The van der Waals surface area contributed by atoms with Gasteiger partial charge in [-0.1, -0.05) is 19.1 Å². The van der Waals surface area contributed by atoms with Crippen LogP contribution in [0.3, 0.4) is 0 Å². The molecular weight excluding hydrogens is 250 g/mol. The minimum absolute atomic E-state index is 0.813. The first kappa shape index (κ1) is 14.4. The molecule has 106 valence electrons. The van der Waals surface area contributed by atoms with E-state index >= 15 is 0 Å². The van der Waals surface area contributed by atoms with Gasteiger partial charge in [0.15, 0.2) is 0 Å². The molecule has 0 unspecified atom stereocenters. The Bertz CT molecular complexity index is 549. The largest absolute Gasteiger partial charge is 0.497 e. The fourth-order valence-electron chi connectivity index (χ4n) is 1.98. The molecule has 0 radical (unpaired) electrons. The SMILES string of the molecule is CCNCc1ccc(Oc2ccc(OC)cc2)c(C)c1. The Morgan fingerprint density at radius 3 is 2.30 bits per heavy atom. The number of benzene rings is 2. The molecule has 3 heteroatoms. The van der Waals surface area contributed by atoms with Crippen LogP contribution in [0.2, 0.25) is 0 Å². The van der Waals surface area contributed by atoms with E-state index in [1.807, 2.05) is 30.3 Å². The van der Waals surface area contributed by atoms with Crippen LogP contribution in [-0.2, 0) is 6.54 Å². The Morgan fingerprint density at radius 1 is 1.00 bits per heavy atom. The van der Waals surface area contributed by atoms with E-state index in [-0.39, 0.29) is 0 Å². The van der Waals surface area contributed by atoms with Gasteiger partial charge < -0.3 is 14.8 Å². The average Bonchev–Trinajstić information content (AvgIpc) is 2.48. The fourth-order valence-corrected chi connectivity index (χ4v) is 1.98. The second-order valence-corrected chi connectivity index (χ2v) is 4.66. The highest BCUT2D eigenvalue weighted by atomic mass is 16.5. The number of hydrogen-bond acceptors (Lipinski definition) is 3. The van der Waals surface area contributed by atoms with E-state index in [0.717, 1.165) is 35.9 Å². The second-order valence-electron chi connectivity index (χ2n) is 4.66. The zero-order chi connectivity index (χ0) is 14.4. The number of aryl methyl sites for hydroxylation is 1. The summed E-state index contributed by atoms with van der Waals surface area (Å²) in [6, 6.07) is 13.9. The van der Waals surface area contributed by atoms with Crippen molar-refractivity contribution in [3.63, 3.8) is 0 Å². The van der Waals surface area contributed by atoms with E-state index in [1.165, 1.54) is 5.56 Å². The third-order valence-corrected chi connectivity index (χ3v) is 3.11. The molecule has 2 rings (SSSR count). The smallest absolute Gasteiger partial charge is 0.130 e. The van der Waals surface area contributed by atoms with Crippen LogP contribution in [0.4, 0.5) is 0 Å². The molecule has 2 aromatic rings. The zero-order valence-corrected chi connectivity index (χ0v) is 12.3. The molecule has 2 aromatic carbocycles. The van der Waals surface area contributed by atoms with E-state index in [1.54, 1.807) is 7.11 Å². The maximum absolute atomic E-state index is 5.89. The third-order valence-electron chi connectivity index (χ3n) is 3.11. The lowest BCUT2D eigenvalue weighted by Crippen LogP contribution is -2.11. The van der Waals surface area contributed by atoms with Gasteiger partial charge in [0.2, 0.25) is 0 Å². The van der Waals surface area contributed by atoms with Crippen molar-refractivity contribution in [2.45, 2.75) is 20.4 Å². The lowest BCUT2D eigenvalue weighted by Gasteiger charge is -2.11. The van der Waals surface area contributed by atoms with Gasteiger partial charge in [0.25, 0.3) is 0 Å². The molecule has 1 N–H and O–H groups in total. The monoisotopic (exact) mass is 271 g/mol. The zero-order valence-electron chi connectivity index (χ0n) is 12.3. The van der Waals surface area contributed by atoms with E-state index < -0.39 is 0 Å². The van der Waals surface area contributed by atoms with E-state index in [4.69, 9.17) is 9.47 Å². The number of nitrogens with one attached hydrogen (secondary N) is 1. The molecule has 0 aliphatic rings. The van der Waals surface area contributed by atoms with Gasteiger partial charge in [-0.25, -0.2) is 0 Å². The highest BCUT2D eigenvalue weighted by molar-refractivity contribution is 5.41. The van der Waals surface area contributed by atoms with Crippen molar-refractivity contribution in [2.75, 3.05) is 13.7 Å². The first-order valence-electron chi connectivity index (χ1n) is 6.85. The van der Waals surface area contributed by atoms with Crippen molar-refractivity contribution in [3.05, 3.63) is 53.6 Å². The molecule has 20 heavy (non-hydrogen) atoms. The first-order chi connectivity index (χ1) is 9.72. The molecule has 3 nitrogen and oxygen atoms in total. The summed E-state index contributed by atoms with van der Waals surface area (Å²) in [5.74, 6) is 2.53. The van der Waals surface area contributed by atoms with E-state index in [0.29, 0.717) is 0 Å². The standard InChI is InChI=1S/C17H21NO2/c1-4-18-12-14-5-10-17(13(2)11-14)20-16-8-6-15(19-3)7-9-16/h5-11,18H,4,12H2,1-3H3. The number of rotatable bonds is 6. The molecule has 0 spiro atoms. The van der Waals surface area contributed by atoms with Crippen molar-refractivity contribution in [2.24, 2.45) is 0 Å². The second kappa shape index (κ2) is 6.96. The Labute approximate surface area is 120 Å². The van der Waals surface area contributed by atoms with Crippen LogP contribution in [0.1, 0.15) is 18.1 Å². The van der Waals surface area contributed by atoms with Crippen molar-refractivity contribution in [3.8, 4) is 17.2 Å². The van der Waals surface area contributed by atoms with Gasteiger partial charge in [-0.2, -0.15) is 0 Å². The molecule has 0 atom stereocenters. The average molecular weight is 271 g/mol. The van der Waals surface area contributed by atoms with Gasteiger partial charge in [0.1, 0.15) is 17.2 Å². The Hall–Kier alpha value is -2.00. The summed E-state index contributed by atoms with van der Waals surface area (Å²) < 4.78 is 11.0. The molecule has 0 aliphatic carbocycles. The molecule has 0 saturated carbocycles. The van der Waals surface area contributed by atoms with Crippen molar-refractivity contribution < 1.29 is 9.47 Å². The topological polar surface area (TPSA) is 30.5 Å². The lowest BCUT2D eigenvalue weighted by atomic mass is 10.1. The fraction of sp³-hybridized carbons (Fsp3) is 0.294. The van der Waals surface area contributed by atoms with Crippen LogP contribution in [-0.4, -0.2) is 13.7 Å². The summed E-state index contributed by atoms with van der Waals surface area (Å²) in [5, 5.41) is 3.32. The van der Waals surface area contributed by atoms with Gasteiger partial charge in [0.05, 0.1) is 7.11 Å². The van der Waals surface area contributed by atoms with Gasteiger partial charge in [-0.3, -0.25) is 0 Å². The van der Waals surface area contributed by atoms with E-state index in [9.17, 15) is 0 Å². The molecule has 0 saturated heterocycles. The Morgan fingerprint density at radius 2 is 1.70 bits per heavy atom. The normalized spacial score (nSPS) is 10.3. The molecule has 0 bridgehead atoms. The van der Waals surface area contributed by atoms with Gasteiger partial charge in [-0.15, -0.1) is 0 Å². The summed E-state index contributed by atoms with van der Waals surface area (Å²) in [5.41, 5.74) is 2.41. The molecule has 0 fully saturated rings. The number of ether oxygens (including phenoxy) is 2. The number of hydrogen-bond donors (Lipinski definition) is 1. The Balaban J connectivity index is 2.08. The van der Waals surface area contributed by atoms with Gasteiger partial charge in [-0.05, 0) is 54.9 Å². The van der Waals surface area contributed by atoms with Crippen LogP contribution < -0.4 is 14.8 Å². The highest BCUT2D eigenvalue weighted by Crippen LogP contribution is 2.27. The first-order valence-corrected chi connectivity index (χ1v) is 6.85. The molecule has 0 aromatic heterocycles. The minimum atomic E-state index is 0.813. The highest BCUT2D eigenvalue weighted by Gasteiger charge is 2.03. The lowest BCUT2D eigenvalue weighted by molar-refractivity contribution is 0.412. The summed E-state index contributed by atoms with van der Waals surface area (Å²) in [7, 11) is 1.66. The molecule has 0 aliphatic heterocycles. The van der Waals surface area contributed by atoms with Crippen molar-refractivity contribution in [1.82, 2.24) is 5.32 Å². The summed E-state index contributed by atoms with van der Waals surface area (Å²) in [6.45, 7) is 6.03. The predicted molar refractivity (Wildman–Crippen MR) is 81.6 cm³/mol. The van der Waals surface area contributed by atoms with Crippen LogP contribution in [0.5, 0.6) is 17.2 Å². The summed E-state index contributed by atoms with van der Waals surface area (Å²) >= 11 is 0. The van der Waals surface area contributed by atoms with E-state index in [2.05, 4.69) is 31.3 Å². The minimum Gasteiger partial charge on any atom is -0.497 e. The van der Waals surface area contributed by atoms with Crippen molar-refractivity contribution >= 4 is 0 Å². The predicted octanol–water partition coefficient (Wildman–Crippen LogP) is 3.91. The van der Waals surface area contributed by atoms with Crippen LogP contribution in [0, 0.1) is 6.92 Å². The molecule has 0 heterocycles. The maximum atomic E-state index is 5.89. The summed E-state index contributed by atoms with van der Waals surface area (Å²) in [6.07, 6.45) is 0. The van der Waals surface area contributed by atoms with Crippen LogP contribution in [0.25, 0.3) is 0 Å². The van der Waals surface area contributed by atoms with Crippen LogP contribution in [0.15, 0.2) is 42.5 Å². The number of methoxy groups -OCH3 is 1. The maximum Gasteiger partial charge on any atom is 0.130 e. The molecule has 0 amide bonds.